The highest BCUT2D eigenvalue weighted by molar-refractivity contribution is 7.90. The fourth-order valence-electron chi connectivity index (χ4n) is 1.61. The van der Waals surface area contributed by atoms with Gasteiger partial charge in [-0.15, -0.1) is 4.40 Å². The Morgan fingerprint density at radius 2 is 1.35 bits per heavy atom. The molecule has 3 nitrogen and oxygen atoms in total. The summed E-state index contributed by atoms with van der Waals surface area (Å²) in [5.41, 5.74) is 2.63. The normalized spacial score (nSPS) is 12.4. The molecule has 0 atom stereocenters. The Hall–Kier alpha value is -1.65. The van der Waals surface area contributed by atoms with E-state index < -0.39 is 10.0 Å². The molecule has 0 saturated heterocycles. The summed E-state index contributed by atoms with van der Waals surface area (Å²) in [5.74, 6) is 0. The maximum atomic E-state index is 12.1. The van der Waals surface area contributed by atoms with Crippen molar-refractivity contribution < 1.29 is 8.42 Å². The molecule has 2 rings (SSSR count). The summed E-state index contributed by atoms with van der Waals surface area (Å²) in [4.78, 5) is 0.133. The van der Waals surface area contributed by atoms with E-state index in [9.17, 15) is 8.42 Å². The van der Waals surface area contributed by atoms with Gasteiger partial charge in [0.25, 0.3) is 10.0 Å². The van der Waals surface area contributed by atoms with Crippen molar-refractivity contribution in [2.75, 3.05) is 0 Å². The van der Waals surface area contributed by atoms with Crippen molar-refractivity contribution in [3.05, 3.63) is 65.2 Å². The van der Waals surface area contributed by atoms with Gasteiger partial charge < -0.3 is 0 Å². The standard InChI is InChI=1S/C15H14ClNO2S/c1-11-3-7-13(8-4-11)15(16)17-20(18,19)14-9-5-12(2)6-10-14/h3-10H,1-2H3. The van der Waals surface area contributed by atoms with Crippen LogP contribution in [0.4, 0.5) is 0 Å². The van der Waals surface area contributed by atoms with Crippen molar-refractivity contribution in [1.82, 2.24) is 0 Å². The van der Waals surface area contributed by atoms with Gasteiger partial charge in [0.15, 0.2) is 0 Å². The molecule has 0 unspecified atom stereocenters. The summed E-state index contributed by atoms with van der Waals surface area (Å²) in [6.45, 7) is 3.83. The SMILES string of the molecule is Cc1ccc(C(Cl)=NS(=O)(=O)c2ccc(C)cc2)cc1. The van der Waals surface area contributed by atoms with Crippen molar-refractivity contribution in [2.45, 2.75) is 18.7 Å². The maximum Gasteiger partial charge on any atom is 0.283 e. The summed E-state index contributed by atoms with van der Waals surface area (Å²) in [5, 5.41) is -0.0365. The first-order valence-corrected chi connectivity index (χ1v) is 7.84. The summed E-state index contributed by atoms with van der Waals surface area (Å²) < 4.78 is 27.9. The quantitative estimate of drug-likeness (QED) is 0.812. The van der Waals surface area contributed by atoms with Gasteiger partial charge >= 0.3 is 0 Å². The van der Waals surface area contributed by atoms with Crippen LogP contribution in [0.3, 0.4) is 0 Å². The van der Waals surface area contributed by atoms with Crippen molar-refractivity contribution in [3.63, 3.8) is 0 Å². The monoisotopic (exact) mass is 307 g/mol. The molecule has 2 aromatic carbocycles. The molecule has 0 spiro atoms. The van der Waals surface area contributed by atoms with Gasteiger partial charge in [0.05, 0.1) is 4.90 Å². The number of halogens is 1. The maximum absolute atomic E-state index is 12.1. The van der Waals surface area contributed by atoms with Crippen LogP contribution in [0, 0.1) is 13.8 Å². The Bertz CT molecular complexity index is 732. The number of hydrogen-bond acceptors (Lipinski definition) is 2. The molecule has 0 amide bonds. The summed E-state index contributed by atoms with van der Waals surface area (Å²) >= 11 is 6.00. The molecule has 0 heterocycles. The van der Waals surface area contributed by atoms with Gasteiger partial charge in [0, 0.05) is 5.56 Å². The smallest absolute Gasteiger partial charge is 0.199 e. The van der Waals surface area contributed by atoms with Gasteiger partial charge in [-0.25, -0.2) is 0 Å². The molecular weight excluding hydrogens is 294 g/mol. The molecule has 0 aliphatic heterocycles. The first-order valence-electron chi connectivity index (χ1n) is 6.03. The lowest BCUT2D eigenvalue weighted by atomic mass is 10.2. The summed E-state index contributed by atoms with van der Waals surface area (Å²) in [6.07, 6.45) is 0. The van der Waals surface area contributed by atoms with Crippen LogP contribution in [0.15, 0.2) is 57.8 Å². The molecule has 0 fully saturated rings. The van der Waals surface area contributed by atoms with Gasteiger partial charge in [-0.3, -0.25) is 0 Å². The average molecular weight is 308 g/mol. The molecule has 0 radical (unpaired) electrons. The zero-order valence-electron chi connectivity index (χ0n) is 11.2. The molecule has 20 heavy (non-hydrogen) atoms. The lowest BCUT2D eigenvalue weighted by Crippen LogP contribution is -2.01. The minimum absolute atomic E-state index is 0.0365. The van der Waals surface area contributed by atoms with Crippen molar-refractivity contribution in [2.24, 2.45) is 4.40 Å². The fraction of sp³-hybridized carbons (Fsp3) is 0.133. The molecule has 5 heteroatoms. The van der Waals surface area contributed by atoms with Crippen LogP contribution in [-0.4, -0.2) is 13.6 Å². The second-order valence-electron chi connectivity index (χ2n) is 4.54. The van der Waals surface area contributed by atoms with E-state index in [1.165, 1.54) is 12.1 Å². The highest BCUT2D eigenvalue weighted by atomic mass is 35.5. The predicted octanol–water partition coefficient (Wildman–Crippen LogP) is 3.68. The number of sulfonamides is 1. The zero-order chi connectivity index (χ0) is 14.8. The largest absolute Gasteiger partial charge is 0.283 e. The molecule has 0 aromatic heterocycles. The first kappa shape index (κ1) is 14.8. The van der Waals surface area contributed by atoms with Gasteiger partial charge in [-0.2, -0.15) is 8.42 Å². The van der Waals surface area contributed by atoms with Gasteiger partial charge in [-0.1, -0.05) is 59.1 Å². The van der Waals surface area contributed by atoms with Crippen molar-refractivity contribution in [3.8, 4) is 0 Å². The van der Waals surface area contributed by atoms with Crippen LogP contribution < -0.4 is 0 Å². The number of nitrogens with zero attached hydrogens (tertiary/aromatic N) is 1. The number of aryl methyl sites for hydroxylation is 2. The minimum atomic E-state index is -3.78. The van der Waals surface area contributed by atoms with E-state index in [1.54, 1.807) is 24.3 Å². The van der Waals surface area contributed by atoms with E-state index in [-0.39, 0.29) is 10.1 Å². The second kappa shape index (κ2) is 5.77. The third kappa shape index (κ3) is 3.46. The van der Waals surface area contributed by atoms with Crippen molar-refractivity contribution >= 4 is 26.8 Å². The van der Waals surface area contributed by atoms with Crippen LogP contribution in [-0.2, 0) is 10.0 Å². The molecule has 2 aromatic rings. The lowest BCUT2D eigenvalue weighted by Gasteiger charge is -2.02. The molecule has 0 saturated carbocycles. The molecular formula is C15H14ClNO2S. The fourth-order valence-corrected chi connectivity index (χ4v) is 2.91. The Morgan fingerprint density at radius 3 is 1.85 bits per heavy atom. The number of rotatable bonds is 3. The van der Waals surface area contributed by atoms with Crippen LogP contribution in [0.25, 0.3) is 0 Å². The molecule has 0 N–H and O–H groups in total. The van der Waals surface area contributed by atoms with Crippen LogP contribution in [0.5, 0.6) is 0 Å². The van der Waals surface area contributed by atoms with Crippen molar-refractivity contribution in [1.29, 1.82) is 0 Å². The second-order valence-corrected chi connectivity index (χ2v) is 6.50. The molecule has 104 valence electrons. The van der Waals surface area contributed by atoms with Gasteiger partial charge in [0.2, 0.25) is 0 Å². The number of hydrogen-bond donors (Lipinski definition) is 0. The van der Waals surface area contributed by atoms with E-state index in [4.69, 9.17) is 11.6 Å². The van der Waals surface area contributed by atoms with E-state index in [0.717, 1.165) is 11.1 Å². The lowest BCUT2D eigenvalue weighted by molar-refractivity contribution is 0.598. The Labute approximate surface area is 124 Å². The van der Waals surface area contributed by atoms with E-state index in [0.29, 0.717) is 5.56 Å². The third-order valence-electron chi connectivity index (χ3n) is 2.81. The van der Waals surface area contributed by atoms with Gasteiger partial charge in [0.1, 0.15) is 5.17 Å². The third-order valence-corrected chi connectivity index (χ3v) is 4.50. The highest BCUT2D eigenvalue weighted by Gasteiger charge is 2.14. The Balaban J connectivity index is 2.37. The minimum Gasteiger partial charge on any atom is -0.199 e. The molecule has 0 bridgehead atoms. The average Bonchev–Trinajstić information content (AvgIpc) is 2.39. The van der Waals surface area contributed by atoms with Gasteiger partial charge in [-0.05, 0) is 26.0 Å². The molecule has 0 aliphatic carbocycles. The highest BCUT2D eigenvalue weighted by Crippen LogP contribution is 2.16. The van der Waals surface area contributed by atoms with E-state index in [1.807, 2.05) is 26.0 Å². The van der Waals surface area contributed by atoms with Crippen LogP contribution in [0.2, 0.25) is 0 Å². The Morgan fingerprint density at radius 1 is 0.900 bits per heavy atom. The van der Waals surface area contributed by atoms with E-state index in [2.05, 4.69) is 4.40 Å². The number of benzene rings is 2. The first-order chi connectivity index (χ1) is 9.38. The molecule has 0 aliphatic rings. The Kier molecular flexibility index (Phi) is 4.26. The topological polar surface area (TPSA) is 46.5 Å². The van der Waals surface area contributed by atoms with Crippen LogP contribution >= 0.6 is 11.6 Å². The van der Waals surface area contributed by atoms with Crippen LogP contribution in [0.1, 0.15) is 16.7 Å². The zero-order valence-corrected chi connectivity index (χ0v) is 12.7. The summed E-state index contributed by atoms with van der Waals surface area (Å²) in [7, 11) is -3.78. The van der Waals surface area contributed by atoms with E-state index >= 15 is 0 Å². The predicted molar refractivity (Wildman–Crippen MR) is 81.9 cm³/mol. The summed E-state index contributed by atoms with van der Waals surface area (Å²) in [6, 6.07) is 13.7.